The van der Waals surface area contributed by atoms with Gasteiger partial charge < -0.3 is 14.9 Å². The Bertz CT molecular complexity index is 396. The minimum Gasteiger partial charge on any atom is -0.396 e. The second-order valence-electron chi connectivity index (χ2n) is 5.54. The summed E-state index contributed by atoms with van der Waals surface area (Å²) >= 11 is 0. The Morgan fingerprint density at radius 3 is 2.68 bits per heavy atom. The van der Waals surface area contributed by atoms with Crippen molar-refractivity contribution in [2.24, 2.45) is 0 Å². The van der Waals surface area contributed by atoms with Gasteiger partial charge in [-0.2, -0.15) is 4.98 Å². The monoisotopic (exact) mass is 269 g/mol. The Labute approximate surface area is 113 Å². The lowest BCUT2D eigenvalue weighted by molar-refractivity contribution is -0.121. The normalized spacial score (nSPS) is 11.6. The van der Waals surface area contributed by atoms with E-state index < -0.39 is 0 Å². The molecule has 0 atom stereocenters. The van der Waals surface area contributed by atoms with Crippen molar-refractivity contribution in [1.82, 2.24) is 15.5 Å². The summed E-state index contributed by atoms with van der Waals surface area (Å²) in [7, 11) is 0. The number of aliphatic hydroxyl groups excluding tert-OH is 1. The molecule has 1 amide bonds. The molecule has 19 heavy (non-hydrogen) atoms. The molecule has 0 spiro atoms. The highest BCUT2D eigenvalue weighted by molar-refractivity contribution is 5.75. The van der Waals surface area contributed by atoms with Crippen LogP contribution in [0.2, 0.25) is 0 Å². The van der Waals surface area contributed by atoms with Crippen molar-refractivity contribution in [1.29, 1.82) is 0 Å². The van der Waals surface area contributed by atoms with Gasteiger partial charge in [-0.3, -0.25) is 4.79 Å². The van der Waals surface area contributed by atoms with Gasteiger partial charge >= 0.3 is 0 Å². The summed E-state index contributed by atoms with van der Waals surface area (Å²) in [6, 6.07) is 0. The Morgan fingerprint density at radius 1 is 1.37 bits per heavy atom. The van der Waals surface area contributed by atoms with E-state index in [9.17, 15) is 4.79 Å². The van der Waals surface area contributed by atoms with Crippen molar-refractivity contribution in [3.63, 3.8) is 0 Å². The van der Waals surface area contributed by atoms with E-state index in [2.05, 4.69) is 15.5 Å². The van der Waals surface area contributed by atoms with Crippen molar-refractivity contribution in [2.75, 3.05) is 13.2 Å². The molecule has 108 valence electrons. The summed E-state index contributed by atoms with van der Waals surface area (Å²) in [6.07, 6.45) is 2.30. The molecule has 0 aromatic carbocycles. The molecule has 1 rings (SSSR count). The fourth-order valence-corrected chi connectivity index (χ4v) is 1.46. The van der Waals surface area contributed by atoms with Gasteiger partial charge in [0.2, 0.25) is 11.8 Å². The number of amides is 1. The summed E-state index contributed by atoms with van der Waals surface area (Å²) in [5, 5.41) is 15.3. The topological polar surface area (TPSA) is 88.2 Å². The van der Waals surface area contributed by atoms with Crippen LogP contribution in [-0.4, -0.2) is 34.3 Å². The third-order valence-corrected chi connectivity index (χ3v) is 2.59. The van der Waals surface area contributed by atoms with Crippen LogP contribution in [0.25, 0.3) is 0 Å². The van der Waals surface area contributed by atoms with E-state index in [1.54, 1.807) is 0 Å². The summed E-state index contributed by atoms with van der Waals surface area (Å²) in [4.78, 5) is 15.7. The predicted molar refractivity (Wildman–Crippen MR) is 70.6 cm³/mol. The number of carbonyl (C=O) groups excluding carboxylic acids is 1. The quantitative estimate of drug-likeness (QED) is 0.726. The largest absolute Gasteiger partial charge is 0.396 e. The summed E-state index contributed by atoms with van der Waals surface area (Å²) in [5.41, 5.74) is -0.122. The maximum atomic E-state index is 11.4. The highest BCUT2D eigenvalue weighted by Crippen LogP contribution is 2.18. The van der Waals surface area contributed by atoms with Crippen LogP contribution in [0.1, 0.15) is 51.7 Å². The zero-order chi connectivity index (χ0) is 14.3. The molecule has 6 nitrogen and oxygen atoms in total. The molecule has 0 radical (unpaired) electrons. The first-order valence-electron chi connectivity index (χ1n) is 6.64. The molecular formula is C13H23N3O3. The zero-order valence-electron chi connectivity index (χ0n) is 11.9. The van der Waals surface area contributed by atoms with Crippen molar-refractivity contribution in [3.05, 3.63) is 11.7 Å². The van der Waals surface area contributed by atoms with Crippen molar-refractivity contribution in [2.45, 2.75) is 51.9 Å². The fourth-order valence-electron chi connectivity index (χ4n) is 1.46. The van der Waals surface area contributed by atoms with E-state index in [1.807, 2.05) is 20.8 Å². The molecule has 0 saturated heterocycles. The molecule has 6 heteroatoms. The number of aromatic nitrogens is 2. The molecule has 0 aliphatic carbocycles. The van der Waals surface area contributed by atoms with E-state index >= 15 is 0 Å². The minimum atomic E-state index is -0.122. The zero-order valence-corrected chi connectivity index (χ0v) is 11.9. The number of hydrogen-bond acceptors (Lipinski definition) is 5. The Morgan fingerprint density at radius 2 is 2.11 bits per heavy atom. The lowest BCUT2D eigenvalue weighted by atomic mass is 9.96. The molecule has 1 aromatic rings. The lowest BCUT2D eigenvalue weighted by Gasteiger charge is -2.10. The molecule has 0 unspecified atom stereocenters. The summed E-state index contributed by atoms with van der Waals surface area (Å²) in [5.74, 6) is 1.26. The molecule has 0 saturated carbocycles. The van der Waals surface area contributed by atoms with E-state index in [1.165, 1.54) is 0 Å². The van der Waals surface area contributed by atoms with Gasteiger partial charge in [-0.25, -0.2) is 0 Å². The molecule has 0 bridgehead atoms. The Kier molecular flexibility index (Phi) is 5.95. The Hall–Kier alpha value is -1.43. The standard InChI is InChI=1S/C13H23N3O3/c1-13(2,3)12-15-11(19-16-12)7-4-6-10(18)14-8-5-9-17/h17H,4-9H2,1-3H3,(H,14,18). The number of aliphatic hydroxyl groups is 1. The third-order valence-electron chi connectivity index (χ3n) is 2.59. The van der Waals surface area contributed by atoms with Gasteiger partial charge in [0.1, 0.15) is 0 Å². The lowest BCUT2D eigenvalue weighted by Crippen LogP contribution is -2.24. The van der Waals surface area contributed by atoms with Crippen LogP contribution in [0, 0.1) is 0 Å². The van der Waals surface area contributed by atoms with Crippen molar-refractivity contribution >= 4 is 5.91 Å². The highest BCUT2D eigenvalue weighted by atomic mass is 16.5. The summed E-state index contributed by atoms with van der Waals surface area (Å²) < 4.78 is 5.15. The van der Waals surface area contributed by atoms with Gasteiger partial charge in [0, 0.05) is 31.4 Å². The van der Waals surface area contributed by atoms with E-state index in [0.717, 1.165) is 0 Å². The van der Waals surface area contributed by atoms with Gasteiger partial charge in [-0.05, 0) is 12.8 Å². The van der Waals surface area contributed by atoms with Crippen molar-refractivity contribution < 1.29 is 14.4 Å². The minimum absolute atomic E-state index is 0.0102. The van der Waals surface area contributed by atoms with Crippen LogP contribution >= 0.6 is 0 Å². The molecule has 0 aliphatic rings. The van der Waals surface area contributed by atoms with E-state index in [-0.39, 0.29) is 17.9 Å². The number of carbonyl (C=O) groups is 1. The molecule has 1 aromatic heterocycles. The maximum Gasteiger partial charge on any atom is 0.226 e. The first-order valence-corrected chi connectivity index (χ1v) is 6.64. The number of hydrogen-bond donors (Lipinski definition) is 2. The van der Waals surface area contributed by atoms with E-state index in [0.29, 0.717) is 43.9 Å². The van der Waals surface area contributed by atoms with Crippen LogP contribution in [0.4, 0.5) is 0 Å². The second-order valence-corrected chi connectivity index (χ2v) is 5.54. The number of rotatable bonds is 7. The molecule has 1 heterocycles. The van der Waals surface area contributed by atoms with Gasteiger partial charge in [-0.15, -0.1) is 0 Å². The average molecular weight is 269 g/mol. The van der Waals surface area contributed by atoms with Gasteiger partial charge in [-0.1, -0.05) is 25.9 Å². The highest BCUT2D eigenvalue weighted by Gasteiger charge is 2.20. The van der Waals surface area contributed by atoms with Crippen molar-refractivity contribution in [3.8, 4) is 0 Å². The SMILES string of the molecule is CC(C)(C)c1noc(CCCC(=O)NCCCO)n1. The van der Waals surface area contributed by atoms with Crippen LogP contribution in [0.3, 0.4) is 0 Å². The van der Waals surface area contributed by atoms with Crippen LogP contribution in [0.5, 0.6) is 0 Å². The second kappa shape index (κ2) is 7.23. The first kappa shape index (κ1) is 15.6. The third kappa shape index (κ3) is 5.83. The van der Waals surface area contributed by atoms with Crippen LogP contribution in [-0.2, 0) is 16.6 Å². The fraction of sp³-hybridized carbons (Fsp3) is 0.769. The molecule has 0 aliphatic heterocycles. The first-order chi connectivity index (χ1) is 8.93. The van der Waals surface area contributed by atoms with Gasteiger partial charge in [0.15, 0.2) is 5.82 Å². The molecule has 0 fully saturated rings. The van der Waals surface area contributed by atoms with Crippen LogP contribution in [0.15, 0.2) is 4.52 Å². The maximum absolute atomic E-state index is 11.4. The number of nitrogens with zero attached hydrogens (tertiary/aromatic N) is 2. The molecular weight excluding hydrogens is 246 g/mol. The van der Waals surface area contributed by atoms with Gasteiger partial charge in [0.25, 0.3) is 0 Å². The van der Waals surface area contributed by atoms with Gasteiger partial charge in [0.05, 0.1) is 0 Å². The number of nitrogens with one attached hydrogen (secondary N) is 1. The Balaban J connectivity index is 2.26. The summed E-state index contributed by atoms with van der Waals surface area (Å²) in [6.45, 7) is 6.69. The smallest absolute Gasteiger partial charge is 0.226 e. The molecule has 2 N–H and O–H groups in total. The predicted octanol–water partition coefficient (Wildman–Crippen LogP) is 1.19. The van der Waals surface area contributed by atoms with Crippen LogP contribution < -0.4 is 5.32 Å². The van der Waals surface area contributed by atoms with E-state index in [4.69, 9.17) is 9.63 Å². The average Bonchev–Trinajstić information content (AvgIpc) is 2.78. The number of aryl methyl sites for hydroxylation is 1.